The standard InChI is InChI=1S/C24H24F3N5O2S/c1-31-22-20(7-4-12-28-22)34-14-17(23(31)35)5-2-3-6-19(33)21-29-15-32(30-21)13-16-8-10-18(11-9-16)24(25,26)27/h4,7-12,15,17H,2-3,5-6,13-14H2,1H3. The number of thiocarbonyl (C=S) groups is 1. The van der Waals surface area contributed by atoms with E-state index in [1.165, 1.54) is 23.1 Å². The summed E-state index contributed by atoms with van der Waals surface area (Å²) < 4.78 is 45.4. The second-order valence-electron chi connectivity index (χ2n) is 8.36. The minimum atomic E-state index is -4.38. The highest BCUT2D eigenvalue weighted by Gasteiger charge is 2.30. The van der Waals surface area contributed by atoms with Gasteiger partial charge in [0.1, 0.15) is 6.33 Å². The van der Waals surface area contributed by atoms with Crippen molar-refractivity contribution >= 4 is 28.8 Å². The number of ether oxygens (including phenoxy) is 1. The van der Waals surface area contributed by atoms with Gasteiger partial charge in [0.05, 0.1) is 23.7 Å². The van der Waals surface area contributed by atoms with E-state index in [0.717, 1.165) is 30.0 Å². The molecule has 7 nitrogen and oxygen atoms in total. The number of hydrogen-bond acceptors (Lipinski definition) is 6. The van der Waals surface area contributed by atoms with Gasteiger partial charge >= 0.3 is 6.18 Å². The molecule has 35 heavy (non-hydrogen) atoms. The first kappa shape index (κ1) is 24.8. The van der Waals surface area contributed by atoms with Gasteiger partial charge < -0.3 is 9.64 Å². The molecule has 0 fully saturated rings. The summed E-state index contributed by atoms with van der Waals surface area (Å²) in [6.07, 6.45) is 1.24. The molecule has 1 unspecified atom stereocenters. The number of anilines is 1. The first-order valence-corrected chi connectivity index (χ1v) is 11.6. The summed E-state index contributed by atoms with van der Waals surface area (Å²) >= 11 is 5.63. The summed E-state index contributed by atoms with van der Waals surface area (Å²) in [5.74, 6) is 1.37. The van der Waals surface area contributed by atoms with E-state index in [4.69, 9.17) is 17.0 Å². The Kier molecular flexibility index (Phi) is 7.44. The number of aromatic nitrogens is 4. The lowest BCUT2D eigenvalue weighted by Gasteiger charge is -2.21. The highest BCUT2D eigenvalue weighted by Crippen LogP contribution is 2.31. The number of pyridine rings is 1. The molecule has 1 aliphatic rings. The SMILES string of the molecule is CN1C(=S)C(CCCCC(=O)c2ncn(Cc3ccc(C(F)(F)F)cc3)n2)COc2cccnc21. The molecule has 0 spiro atoms. The van der Waals surface area contributed by atoms with Crippen molar-refractivity contribution in [1.29, 1.82) is 0 Å². The van der Waals surface area contributed by atoms with Crippen molar-refractivity contribution < 1.29 is 22.7 Å². The lowest BCUT2D eigenvalue weighted by atomic mass is 10.0. The summed E-state index contributed by atoms with van der Waals surface area (Å²) in [5.41, 5.74) is -0.0782. The van der Waals surface area contributed by atoms with E-state index >= 15 is 0 Å². The van der Waals surface area contributed by atoms with Crippen LogP contribution < -0.4 is 9.64 Å². The average molecular weight is 504 g/mol. The number of hydrogen-bond donors (Lipinski definition) is 0. The van der Waals surface area contributed by atoms with Gasteiger partial charge in [0, 0.05) is 25.6 Å². The molecule has 3 heterocycles. The minimum absolute atomic E-state index is 0.0420. The second kappa shape index (κ2) is 10.5. The minimum Gasteiger partial charge on any atom is -0.489 e. The number of rotatable bonds is 8. The predicted octanol–water partition coefficient (Wildman–Crippen LogP) is 4.96. The summed E-state index contributed by atoms with van der Waals surface area (Å²) in [4.78, 5) is 23.6. The molecule has 0 bridgehead atoms. The van der Waals surface area contributed by atoms with E-state index in [1.807, 2.05) is 24.1 Å². The van der Waals surface area contributed by atoms with Gasteiger partial charge in [-0.15, -0.1) is 5.10 Å². The van der Waals surface area contributed by atoms with E-state index in [-0.39, 0.29) is 24.1 Å². The summed E-state index contributed by atoms with van der Waals surface area (Å²) in [5, 5.41) is 4.18. The van der Waals surface area contributed by atoms with Gasteiger partial charge in [-0.3, -0.25) is 4.79 Å². The Hall–Kier alpha value is -3.34. The number of carbonyl (C=O) groups excluding carboxylic acids is 1. The molecule has 2 aromatic heterocycles. The molecule has 184 valence electrons. The Balaban J connectivity index is 1.24. The van der Waals surface area contributed by atoms with E-state index in [9.17, 15) is 18.0 Å². The van der Waals surface area contributed by atoms with E-state index in [1.54, 1.807) is 6.20 Å². The van der Waals surface area contributed by atoms with Crippen molar-refractivity contribution in [2.45, 2.75) is 38.4 Å². The van der Waals surface area contributed by atoms with Crippen LogP contribution in [0.4, 0.5) is 19.0 Å². The molecule has 3 aromatic rings. The maximum absolute atomic E-state index is 12.7. The van der Waals surface area contributed by atoms with Crippen LogP contribution in [0.3, 0.4) is 0 Å². The fourth-order valence-electron chi connectivity index (χ4n) is 3.87. The van der Waals surface area contributed by atoms with Crippen LogP contribution in [0.1, 0.15) is 47.4 Å². The van der Waals surface area contributed by atoms with E-state index in [0.29, 0.717) is 36.6 Å². The molecule has 0 N–H and O–H groups in total. The topological polar surface area (TPSA) is 73.1 Å². The van der Waals surface area contributed by atoms with Crippen molar-refractivity contribution in [2.24, 2.45) is 5.92 Å². The Labute approximate surface area is 205 Å². The van der Waals surface area contributed by atoms with Gasteiger partial charge in [0.2, 0.25) is 11.6 Å². The first-order chi connectivity index (χ1) is 16.7. The van der Waals surface area contributed by atoms with Crippen LogP contribution in [0.5, 0.6) is 5.75 Å². The molecule has 1 aromatic carbocycles. The molecule has 0 aliphatic carbocycles. The summed E-state index contributed by atoms with van der Waals surface area (Å²) in [6.45, 7) is 0.689. The second-order valence-corrected chi connectivity index (χ2v) is 8.78. The van der Waals surface area contributed by atoms with Gasteiger partial charge in [-0.05, 0) is 42.7 Å². The number of ketones is 1. The van der Waals surface area contributed by atoms with Crippen molar-refractivity contribution in [3.8, 4) is 5.75 Å². The van der Waals surface area contributed by atoms with Crippen LogP contribution in [-0.2, 0) is 12.7 Å². The maximum atomic E-state index is 12.7. The van der Waals surface area contributed by atoms with Crippen LogP contribution in [0.25, 0.3) is 0 Å². The van der Waals surface area contributed by atoms with Gasteiger partial charge in [-0.1, -0.05) is 30.8 Å². The highest BCUT2D eigenvalue weighted by molar-refractivity contribution is 7.80. The van der Waals surface area contributed by atoms with Gasteiger partial charge in [0.25, 0.3) is 0 Å². The van der Waals surface area contributed by atoms with E-state index < -0.39 is 11.7 Å². The summed E-state index contributed by atoms with van der Waals surface area (Å²) in [6, 6.07) is 8.51. The number of halogens is 3. The number of unbranched alkanes of at least 4 members (excludes halogenated alkanes) is 1. The van der Waals surface area contributed by atoms with Crippen LogP contribution in [0.15, 0.2) is 48.9 Å². The summed E-state index contributed by atoms with van der Waals surface area (Å²) in [7, 11) is 1.88. The van der Waals surface area contributed by atoms with Crippen LogP contribution in [0.2, 0.25) is 0 Å². The zero-order valence-corrected chi connectivity index (χ0v) is 19.8. The Morgan fingerprint density at radius 1 is 1.17 bits per heavy atom. The van der Waals surface area contributed by atoms with Crippen LogP contribution in [-0.4, -0.2) is 44.2 Å². The monoisotopic (exact) mass is 503 g/mol. The molecule has 4 rings (SSSR count). The molecular formula is C24H24F3N5O2S. The van der Waals surface area contributed by atoms with Gasteiger partial charge in [-0.25, -0.2) is 14.6 Å². The molecular weight excluding hydrogens is 479 g/mol. The lowest BCUT2D eigenvalue weighted by Crippen LogP contribution is -2.32. The van der Waals surface area contributed by atoms with Gasteiger partial charge in [-0.2, -0.15) is 13.2 Å². The van der Waals surface area contributed by atoms with Crippen molar-refractivity contribution in [2.75, 3.05) is 18.6 Å². The molecule has 1 atom stereocenters. The smallest absolute Gasteiger partial charge is 0.416 e. The third-order valence-electron chi connectivity index (χ3n) is 5.81. The van der Waals surface area contributed by atoms with Crippen molar-refractivity contribution in [3.63, 3.8) is 0 Å². The molecule has 0 saturated carbocycles. The average Bonchev–Trinajstić information content (AvgIpc) is 3.27. The van der Waals surface area contributed by atoms with Crippen LogP contribution >= 0.6 is 12.2 Å². The molecule has 0 radical (unpaired) electrons. The molecule has 0 amide bonds. The Bertz CT molecular complexity index is 1200. The number of carbonyl (C=O) groups is 1. The quantitative estimate of drug-likeness (QED) is 0.245. The maximum Gasteiger partial charge on any atom is 0.416 e. The number of fused-ring (bicyclic) bond motifs is 1. The highest BCUT2D eigenvalue weighted by atomic mass is 32.1. The molecule has 1 aliphatic heterocycles. The largest absolute Gasteiger partial charge is 0.489 e. The predicted molar refractivity (Wildman–Crippen MR) is 128 cm³/mol. The third kappa shape index (κ3) is 6.02. The zero-order valence-electron chi connectivity index (χ0n) is 19.0. The number of nitrogens with zero attached hydrogens (tertiary/aromatic N) is 5. The first-order valence-electron chi connectivity index (χ1n) is 11.2. The lowest BCUT2D eigenvalue weighted by molar-refractivity contribution is -0.137. The zero-order chi connectivity index (χ0) is 25.0. The van der Waals surface area contributed by atoms with Crippen molar-refractivity contribution in [1.82, 2.24) is 19.7 Å². The number of alkyl halides is 3. The normalized spacial score (nSPS) is 15.9. The number of benzene rings is 1. The van der Waals surface area contributed by atoms with Crippen molar-refractivity contribution in [3.05, 3.63) is 65.9 Å². The Morgan fingerprint density at radius 3 is 2.69 bits per heavy atom. The fourth-order valence-corrected chi connectivity index (χ4v) is 4.14. The molecule has 0 saturated heterocycles. The third-order valence-corrected chi connectivity index (χ3v) is 6.41. The number of Topliss-reactive ketones (excluding diaryl/α,β-unsaturated/α-hetero) is 1. The fraction of sp³-hybridized carbons (Fsp3) is 0.375. The molecule has 11 heteroatoms. The Morgan fingerprint density at radius 2 is 1.94 bits per heavy atom. The van der Waals surface area contributed by atoms with Gasteiger partial charge in [0.15, 0.2) is 11.6 Å². The van der Waals surface area contributed by atoms with E-state index in [2.05, 4.69) is 15.1 Å². The van der Waals surface area contributed by atoms with Crippen LogP contribution in [0, 0.1) is 5.92 Å².